The maximum absolute atomic E-state index is 5.38. The molecule has 1 fully saturated rings. The largest absolute Gasteiger partial charge is 0.378 e. The van der Waals surface area contributed by atoms with Crippen molar-refractivity contribution in [2.45, 2.75) is 19.9 Å². The Kier molecular flexibility index (Phi) is 7.66. The summed E-state index contributed by atoms with van der Waals surface area (Å²) in [6.45, 7) is 10.5. The van der Waals surface area contributed by atoms with Gasteiger partial charge in [0.15, 0.2) is 0 Å². The van der Waals surface area contributed by atoms with Crippen molar-refractivity contribution in [2.24, 2.45) is 0 Å². The topological polar surface area (TPSA) is 24.5 Å². The van der Waals surface area contributed by atoms with E-state index in [0.717, 1.165) is 39.4 Å². The number of likely N-dealkylation sites (N-methyl/N-ethyl adjacent to an activating group) is 1. The van der Waals surface area contributed by atoms with Gasteiger partial charge in [0.1, 0.15) is 0 Å². The Balaban J connectivity index is 0.00000144. The normalized spacial score (nSPS) is 22.8. The zero-order chi connectivity index (χ0) is 8.81. The number of ether oxygens (including phenoxy) is 1. The SMILES string of the molecule is CCN(CC)C[C@@H]1COCCN1.Cl. The molecule has 0 aromatic heterocycles. The first-order valence-electron chi connectivity index (χ1n) is 4.90. The molecule has 0 spiro atoms. The van der Waals surface area contributed by atoms with Gasteiger partial charge < -0.3 is 15.0 Å². The summed E-state index contributed by atoms with van der Waals surface area (Å²) in [5, 5.41) is 3.45. The summed E-state index contributed by atoms with van der Waals surface area (Å²) in [6.07, 6.45) is 0. The lowest BCUT2D eigenvalue weighted by Crippen LogP contribution is -2.48. The molecule has 1 aliphatic rings. The van der Waals surface area contributed by atoms with Crippen molar-refractivity contribution in [3.8, 4) is 0 Å². The number of morpholine rings is 1. The molecule has 0 radical (unpaired) electrons. The van der Waals surface area contributed by atoms with Crippen LogP contribution in [0.1, 0.15) is 13.8 Å². The molecule has 80 valence electrons. The van der Waals surface area contributed by atoms with Crippen LogP contribution in [0.4, 0.5) is 0 Å². The number of halogens is 1. The third-order valence-electron chi connectivity index (χ3n) is 2.37. The minimum Gasteiger partial charge on any atom is -0.378 e. The second kappa shape index (κ2) is 7.56. The highest BCUT2D eigenvalue weighted by Crippen LogP contribution is 1.96. The van der Waals surface area contributed by atoms with E-state index in [1.54, 1.807) is 0 Å². The summed E-state index contributed by atoms with van der Waals surface area (Å²) in [6, 6.07) is 0.540. The van der Waals surface area contributed by atoms with Gasteiger partial charge in [0.05, 0.1) is 13.2 Å². The first kappa shape index (κ1) is 13.2. The number of nitrogens with zero attached hydrogens (tertiary/aromatic N) is 1. The van der Waals surface area contributed by atoms with Crippen LogP contribution in [0.3, 0.4) is 0 Å². The second-order valence-electron chi connectivity index (χ2n) is 3.21. The first-order valence-corrected chi connectivity index (χ1v) is 4.90. The Hall–Kier alpha value is 0.170. The van der Waals surface area contributed by atoms with E-state index in [9.17, 15) is 0 Å². The Bertz CT molecular complexity index is 114. The summed E-state index contributed by atoms with van der Waals surface area (Å²) in [7, 11) is 0. The third kappa shape index (κ3) is 4.81. The lowest BCUT2D eigenvalue weighted by atomic mass is 10.2. The van der Waals surface area contributed by atoms with Crippen LogP contribution in [0.2, 0.25) is 0 Å². The molecule has 1 aliphatic heterocycles. The van der Waals surface area contributed by atoms with E-state index in [-0.39, 0.29) is 12.4 Å². The molecule has 0 aliphatic carbocycles. The number of hydrogen-bond acceptors (Lipinski definition) is 3. The average Bonchev–Trinajstić information content (AvgIpc) is 2.16. The average molecular weight is 209 g/mol. The predicted molar refractivity (Wildman–Crippen MR) is 57.6 cm³/mol. The van der Waals surface area contributed by atoms with Gasteiger partial charge in [-0.3, -0.25) is 0 Å². The predicted octanol–water partition coefficient (Wildman–Crippen LogP) is 0.738. The van der Waals surface area contributed by atoms with Gasteiger partial charge in [-0.05, 0) is 13.1 Å². The van der Waals surface area contributed by atoms with Gasteiger partial charge >= 0.3 is 0 Å². The zero-order valence-electron chi connectivity index (χ0n) is 8.58. The van der Waals surface area contributed by atoms with Crippen LogP contribution in [0.25, 0.3) is 0 Å². The van der Waals surface area contributed by atoms with E-state index >= 15 is 0 Å². The second-order valence-corrected chi connectivity index (χ2v) is 3.21. The van der Waals surface area contributed by atoms with Gasteiger partial charge in [-0.15, -0.1) is 12.4 Å². The van der Waals surface area contributed by atoms with Gasteiger partial charge in [-0.25, -0.2) is 0 Å². The number of rotatable bonds is 4. The third-order valence-corrected chi connectivity index (χ3v) is 2.37. The van der Waals surface area contributed by atoms with E-state index in [1.807, 2.05) is 0 Å². The van der Waals surface area contributed by atoms with Crippen LogP contribution in [0.15, 0.2) is 0 Å². The van der Waals surface area contributed by atoms with Crippen molar-refractivity contribution in [1.29, 1.82) is 0 Å². The molecular formula is C9H21ClN2O. The molecular weight excluding hydrogens is 188 g/mol. The van der Waals surface area contributed by atoms with Gasteiger partial charge in [0, 0.05) is 19.1 Å². The number of hydrogen-bond donors (Lipinski definition) is 1. The highest BCUT2D eigenvalue weighted by molar-refractivity contribution is 5.85. The van der Waals surface area contributed by atoms with Crippen molar-refractivity contribution in [3.63, 3.8) is 0 Å². The van der Waals surface area contributed by atoms with Crippen molar-refractivity contribution in [2.75, 3.05) is 39.4 Å². The fraction of sp³-hybridized carbons (Fsp3) is 1.00. The molecule has 0 bridgehead atoms. The molecule has 1 N–H and O–H groups in total. The van der Waals surface area contributed by atoms with Crippen molar-refractivity contribution in [3.05, 3.63) is 0 Å². The monoisotopic (exact) mass is 208 g/mol. The summed E-state index contributed by atoms with van der Waals surface area (Å²) in [4.78, 5) is 2.42. The molecule has 1 saturated heterocycles. The van der Waals surface area contributed by atoms with Crippen LogP contribution < -0.4 is 5.32 Å². The quantitative estimate of drug-likeness (QED) is 0.738. The highest BCUT2D eigenvalue weighted by atomic mass is 35.5. The van der Waals surface area contributed by atoms with Crippen LogP contribution in [-0.2, 0) is 4.74 Å². The molecule has 1 atom stereocenters. The first-order chi connectivity index (χ1) is 5.86. The van der Waals surface area contributed by atoms with Gasteiger partial charge in [-0.2, -0.15) is 0 Å². The van der Waals surface area contributed by atoms with E-state index in [0.29, 0.717) is 6.04 Å². The molecule has 0 aromatic carbocycles. The van der Waals surface area contributed by atoms with Crippen LogP contribution in [0, 0.1) is 0 Å². The van der Waals surface area contributed by atoms with Gasteiger partial charge in [0.25, 0.3) is 0 Å². The Labute approximate surface area is 87.2 Å². The van der Waals surface area contributed by atoms with E-state index in [1.165, 1.54) is 0 Å². The maximum atomic E-state index is 5.38. The van der Waals surface area contributed by atoms with Crippen molar-refractivity contribution < 1.29 is 4.74 Å². The van der Waals surface area contributed by atoms with Gasteiger partial charge in [-0.1, -0.05) is 13.8 Å². The van der Waals surface area contributed by atoms with E-state index < -0.39 is 0 Å². The highest BCUT2D eigenvalue weighted by Gasteiger charge is 2.14. The molecule has 0 unspecified atom stereocenters. The van der Waals surface area contributed by atoms with Crippen molar-refractivity contribution >= 4 is 12.4 Å². The minimum absolute atomic E-state index is 0. The Morgan fingerprint density at radius 2 is 2.08 bits per heavy atom. The fourth-order valence-electron chi connectivity index (χ4n) is 1.53. The molecule has 13 heavy (non-hydrogen) atoms. The number of nitrogens with one attached hydrogen (secondary N) is 1. The summed E-state index contributed by atoms with van der Waals surface area (Å²) in [5.74, 6) is 0. The van der Waals surface area contributed by atoms with Crippen LogP contribution >= 0.6 is 12.4 Å². The van der Waals surface area contributed by atoms with E-state index in [2.05, 4.69) is 24.1 Å². The summed E-state index contributed by atoms with van der Waals surface area (Å²) in [5.41, 5.74) is 0. The molecule has 3 nitrogen and oxygen atoms in total. The van der Waals surface area contributed by atoms with Crippen molar-refractivity contribution in [1.82, 2.24) is 10.2 Å². The lowest BCUT2D eigenvalue weighted by molar-refractivity contribution is 0.0633. The standard InChI is InChI=1S/C9H20N2O.ClH/c1-3-11(4-2)7-9-8-12-6-5-10-9;/h9-10H,3-8H2,1-2H3;1H/t9-;/m1./s1. The molecule has 0 amide bonds. The van der Waals surface area contributed by atoms with Gasteiger partial charge in [0.2, 0.25) is 0 Å². The smallest absolute Gasteiger partial charge is 0.0632 e. The maximum Gasteiger partial charge on any atom is 0.0632 e. The molecule has 0 saturated carbocycles. The Morgan fingerprint density at radius 3 is 2.54 bits per heavy atom. The molecule has 0 aromatic rings. The van der Waals surface area contributed by atoms with Crippen LogP contribution in [0.5, 0.6) is 0 Å². The van der Waals surface area contributed by atoms with Crippen LogP contribution in [-0.4, -0.2) is 50.3 Å². The summed E-state index contributed by atoms with van der Waals surface area (Å²) < 4.78 is 5.38. The lowest BCUT2D eigenvalue weighted by Gasteiger charge is -2.29. The minimum atomic E-state index is 0. The summed E-state index contributed by atoms with van der Waals surface area (Å²) >= 11 is 0. The van der Waals surface area contributed by atoms with E-state index in [4.69, 9.17) is 4.74 Å². The molecule has 1 heterocycles. The Morgan fingerprint density at radius 1 is 1.38 bits per heavy atom. The molecule has 1 rings (SSSR count). The molecule has 4 heteroatoms. The fourth-order valence-corrected chi connectivity index (χ4v) is 1.53. The zero-order valence-corrected chi connectivity index (χ0v) is 9.40.